The van der Waals surface area contributed by atoms with Gasteiger partial charge in [0.25, 0.3) is 0 Å². The number of carbonyl (C=O) groups excluding carboxylic acids is 1. The lowest BCUT2D eigenvalue weighted by molar-refractivity contribution is -0.116. The van der Waals surface area contributed by atoms with E-state index in [4.69, 9.17) is 0 Å². The van der Waals surface area contributed by atoms with Gasteiger partial charge in [-0.25, -0.2) is 12.8 Å². The van der Waals surface area contributed by atoms with Crippen LogP contribution in [0.25, 0.3) is 0 Å². The highest BCUT2D eigenvalue weighted by Crippen LogP contribution is 2.19. The van der Waals surface area contributed by atoms with Crippen molar-refractivity contribution in [1.82, 2.24) is 4.31 Å². The molecule has 0 spiro atoms. The molecule has 5 nitrogen and oxygen atoms in total. The highest BCUT2D eigenvalue weighted by Gasteiger charge is 2.27. The van der Waals surface area contributed by atoms with Crippen LogP contribution in [-0.2, 0) is 21.4 Å². The van der Waals surface area contributed by atoms with Gasteiger partial charge in [-0.15, -0.1) is 0 Å². The lowest BCUT2D eigenvalue weighted by Gasteiger charge is -2.22. The summed E-state index contributed by atoms with van der Waals surface area (Å²) >= 11 is 0. The fourth-order valence-corrected chi connectivity index (χ4v) is 4.18. The third-order valence-electron chi connectivity index (χ3n) is 4.29. The van der Waals surface area contributed by atoms with Gasteiger partial charge in [0.05, 0.1) is 11.4 Å². The van der Waals surface area contributed by atoms with Gasteiger partial charge in [0.2, 0.25) is 15.9 Å². The van der Waals surface area contributed by atoms with Crippen LogP contribution in [0.2, 0.25) is 0 Å². The molecule has 0 aromatic heterocycles. The average molecular weight is 412 g/mol. The van der Waals surface area contributed by atoms with Crippen LogP contribution in [0.3, 0.4) is 0 Å². The quantitative estimate of drug-likeness (QED) is 0.639. The molecule has 7 heteroatoms. The molecule has 0 aliphatic carbocycles. The first kappa shape index (κ1) is 20.7. The third-order valence-corrected chi connectivity index (χ3v) is 6.09. The van der Waals surface area contributed by atoms with Crippen LogP contribution in [0.1, 0.15) is 11.1 Å². The molecule has 0 fully saturated rings. The number of rotatable bonds is 7. The first-order valence-corrected chi connectivity index (χ1v) is 10.4. The third kappa shape index (κ3) is 5.49. The van der Waals surface area contributed by atoms with Crippen molar-refractivity contribution >= 4 is 21.6 Å². The Balaban J connectivity index is 1.86. The normalized spacial score (nSPS) is 11.4. The molecule has 29 heavy (non-hydrogen) atoms. The van der Waals surface area contributed by atoms with Crippen molar-refractivity contribution in [2.45, 2.75) is 18.4 Å². The maximum Gasteiger partial charge on any atom is 0.243 e. The predicted octanol–water partition coefficient (Wildman–Crippen LogP) is 3.96. The number of nitrogens with zero attached hydrogens (tertiary/aromatic N) is 1. The van der Waals surface area contributed by atoms with Crippen molar-refractivity contribution in [2.75, 3.05) is 11.9 Å². The maximum atomic E-state index is 13.4. The van der Waals surface area contributed by atoms with E-state index in [1.54, 1.807) is 36.4 Å². The zero-order chi connectivity index (χ0) is 20.9. The van der Waals surface area contributed by atoms with E-state index in [9.17, 15) is 17.6 Å². The molecule has 3 aromatic rings. The van der Waals surface area contributed by atoms with Gasteiger partial charge in [-0.2, -0.15) is 4.31 Å². The van der Waals surface area contributed by atoms with Gasteiger partial charge >= 0.3 is 0 Å². The Bertz CT molecular complexity index is 1080. The van der Waals surface area contributed by atoms with Gasteiger partial charge in [-0.1, -0.05) is 54.1 Å². The number of amides is 1. The lowest BCUT2D eigenvalue weighted by Crippen LogP contribution is -2.37. The molecular weight excluding hydrogens is 391 g/mol. The fourth-order valence-electron chi connectivity index (χ4n) is 2.80. The number of nitrogens with one attached hydrogen (secondary N) is 1. The summed E-state index contributed by atoms with van der Waals surface area (Å²) in [6, 6.07) is 20.9. The summed E-state index contributed by atoms with van der Waals surface area (Å²) in [5.41, 5.74) is 1.95. The van der Waals surface area contributed by atoms with Crippen LogP contribution >= 0.6 is 0 Å². The number of carbonyl (C=O) groups is 1. The standard InChI is InChI=1S/C22H21FN2O3S/c1-17-10-12-21(13-11-17)29(27,28)25(15-18-6-3-2-4-7-18)16-22(26)24-20-9-5-8-19(23)14-20/h2-14H,15-16H2,1H3,(H,24,26). The number of sulfonamides is 1. The number of hydrogen-bond donors (Lipinski definition) is 1. The zero-order valence-corrected chi connectivity index (χ0v) is 16.7. The molecule has 0 aliphatic heterocycles. The maximum absolute atomic E-state index is 13.4. The highest BCUT2D eigenvalue weighted by molar-refractivity contribution is 7.89. The lowest BCUT2D eigenvalue weighted by atomic mass is 10.2. The summed E-state index contributed by atoms with van der Waals surface area (Å²) in [6.07, 6.45) is 0. The Labute approximate surface area is 169 Å². The Morgan fingerprint density at radius 1 is 0.966 bits per heavy atom. The van der Waals surface area contributed by atoms with Crippen LogP contribution < -0.4 is 5.32 Å². The first-order valence-electron chi connectivity index (χ1n) is 9.01. The second-order valence-corrected chi connectivity index (χ2v) is 8.57. The van der Waals surface area contributed by atoms with E-state index in [0.29, 0.717) is 0 Å². The Morgan fingerprint density at radius 2 is 1.66 bits per heavy atom. The van der Waals surface area contributed by atoms with E-state index in [-0.39, 0.29) is 17.1 Å². The Hall–Kier alpha value is -3.03. The minimum Gasteiger partial charge on any atom is -0.325 e. The number of benzene rings is 3. The fraction of sp³-hybridized carbons (Fsp3) is 0.136. The molecule has 0 aliphatic rings. The second-order valence-electron chi connectivity index (χ2n) is 6.63. The molecule has 0 radical (unpaired) electrons. The molecule has 0 heterocycles. The summed E-state index contributed by atoms with van der Waals surface area (Å²) in [5.74, 6) is -1.04. The minimum atomic E-state index is -3.91. The van der Waals surface area contributed by atoms with Gasteiger partial charge in [0.15, 0.2) is 0 Å². The van der Waals surface area contributed by atoms with Crippen LogP contribution in [0.4, 0.5) is 10.1 Å². The van der Waals surface area contributed by atoms with Crippen molar-refractivity contribution in [1.29, 1.82) is 0 Å². The minimum absolute atomic E-state index is 0.0353. The molecule has 0 saturated carbocycles. The topological polar surface area (TPSA) is 66.5 Å². The second kappa shape index (κ2) is 8.98. The van der Waals surface area contributed by atoms with Crippen molar-refractivity contribution in [3.63, 3.8) is 0 Å². The highest BCUT2D eigenvalue weighted by atomic mass is 32.2. The van der Waals surface area contributed by atoms with Gasteiger partial charge in [0, 0.05) is 12.2 Å². The average Bonchev–Trinajstić information content (AvgIpc) is 2.68. The molecule has 0 unspecified atom stereocenters. The van der Waals surface area contributed by atoms with E-state index in [2.05, 4.69) is 5.32 Å². The van der Waals surface area contributed by atoms with Crippen molar-refractivity contribution in [3.8, 4) is 0 Å². The monoisotopic (exact) mass is 412 g/mol. The smallest absolute Gasteiger partial charge is 0.243 e. The van der Waals surface area contributed by atoms with Gasteiger partial charge < -0.3 is 5.32 Å². The molecule has 3 aromatic carbocycles. The number of hydrogen-bond acceptors (Lipinski definition) is 3. The van der Waals surface area contributed by atoms with Crippen LogP contribution in [-0.4, -0.2) is 25.2 Å². The number of anilines is 1. The molecule has 1 amide bonds. The van der Waals surface area contributed by atoms with Gasteiger partial charge in [-0.05, 0) is 42.8 Å². The van der Waals surface area contributed by atoms with Gasteiger partial charge in [0.1, 0.15) is 5.82 Å². The summed E-state index contributed by atoms with van der Waals surface area (Å²) in [5, 5.41) is 2.55. The number of aryl methyl sites for hydroxylation is 1. The summed E-state index contributed by atoms with van der Waals surface area (Å²) < 4.78 is 40.8. The molecule has 0 bridgehead atoms. The summed E-state index contributed by atoms with van der Waals surface area (Å²) in [6.45, 7) is 1.50. The van der Waals surface area contributed by atoms with E-state index in [0.717, 1.165) is 15.4 Å². The summed E-state index contributed by atoms with van der Waals surface area (Å²) in [4.78, 5) is 12.6. The Morgan fingerprint density at radius 3 is 2.31 bits per heavy atom. The van der Waals surface area contributed by atoms with Crippen molar-refractivity contribution in [2.24, 2.45) is 0 Å². The van der Waals surface area contributed by atoms with Crippen molar-refractivity contribution in [3.05, 3.63) is 95.8 Å². The van der Waals surface area contributed by atoms with Crippen LogP contribution in [0, 0.1) is 12.7 Å². The largest absolute Gasteiger partial charge is 0.325 e. The van der Waals surface area contributed by atoms with Gasteiger partial charge in [-0.3, -0.25) is 4.79 Å². The van der Waals surface area contributed by atoms with E-state index in [1.807, 2.05) is 13.0 Å². The zero-order valence-electron chi connectivity index (χ0n) is 15.9. The molecule has 3 rings (SSSR count). The molecule has 0 saturated heterocycles. The van der Waals surface area contributed by atoms with Crippen molar-refractivity contribution < 1.29 is 17.6 Å². The Kier molecular flexibility index (Phi) is 6.41. The predicted molar refractivity (Wildman–Crippen MR) is 110 cm³/mol. The van der Waals surface area contributed by atoms with E-state index in [1.165, 1.54) is 36.4 Å². The van der Waals surface area contributed by atoms with Crippen LogP contribution in [0.5, 0.6) is 0 Å². The summed E-state index contributed by atoms with van der Waals surface area (Å²) in [7, 11) is -3.91. The SMILES string of the molecule is Cc1ccc(S(=O)(=O)N(CC(=O)Nc2cccc(F)c2)Cc2ccccc2)cc1. The number of halogens is 1. The first-order chi connectivity index (χ1) is 13.8. The molecule has 1 N–H and O–H groups in total. The van der Waals surface area contributed by atoms with Crippen LogP contribution in [0.15, 0.2) is 83.8 Å². The van der Waals surface area contributed by atoms with E-state index >= 15 is 0 Å². The molecular formula is C22H21FN2O3S. The molecule has 0 atom stereocenters. The molecule has 150 valence electrons. The van der Waals surface area contributed by atoms with E-state index < -0.39 is 28.3 Å².